The van der Waals surface area contributed by atoms with Gasteiger partial charge in [0, 0.05) is 16.1 Å². The van der Waals surface area contributed by atoms with E-state index in [9.17, 15) is 9.59 Å². The molecule has 156 valence electrons. The van der Waals surface area contributed by atoms with E-state index in [2.05, 4.69) is 10.6 Å². The molecule has 0 aliphatic heterocycles. The van der Waals surface area contributed by atoms with Crippen molar-refractivity contribution in [3.8, 4) is 5.75 Å². The maximum atomic E-state index is 12.9. The summed E-state index contributed by atoms with van der Waals surface area (Å²) in [5.74, 6) is 0.000840. The molecule has 1 heterocycles. The van der Waals surface area contributed by atoms with Gasteiger partial charge in [0.1, 0.15) is 17.0 Å². The number of para-hydroxylation sites is 1. The zero-order valence-electron chi connectivity index (χ0n) is 16.6. The molecule has 2 N–H and O–H groups in total. The Balaban J connectivity index is 1.58. The second kappa shape index (κ2) is 8.93. The first-order chi connectivity index (χ1) is 15.0. The first kappa shape index (κ1) is 20.5. The van der Waals surface area contributed by atoms with Crippen molar-refractivity contribution in [2.45, 2.75) is 6.42 Å². The van der Waals surface area contributed by atoms with Gasteiger partial charge in [-0.15, -0.1) is 0 Å². The zero-order valence-corrected chi connectivity index (χ0v) is 17.4. The van der Waals surface area contributed by atoms with Crippen molar-refractivity contribution in [1.29, 1.82) is 0 Å². The molecule has 1 aromatic heterocycles. The molecular formula is C24H19ClN2O4. The number of halogens is 1. The average molecular weight is 435 g/mol. The van der Waals surface area contributed by atoms with Crippen LogP contribution in [-0.4, -0.2) is 18.9 Å². The Bertz CT molecular complexity index is 1230. The normalized spacial score (nSPS) is 10.6. The Kier molecular flexibility index (Phi) is 5.91. The summed E-state index contributed by atoms with van der Waals surface area (Å²) in [6, 6.07) is 21.1. The molecule has 0 aliphatic carbocycles. The molecule has 7 heteroatoms. The van der Waals surface area contributed by atoms with E-state index in [0.29, 0.717) is 33.1 Å². The molecule has 3 aromatic carbocycles. The highest BCUT2D eigenvalue weighted by atomic mass is 35.5. The van der Waals surface area contributed by atoms with Gasteiger partial charge in [-0.05, 0) is 54.1 Å². The number of amides is 2. The van der Waals surface area contributed by atoms with Crippen molar-refractivity contribution < 1.29 is 18.7 Å². The molecule has 6 nitrogen and oxygen atoms in total. The van der Waals surface area contributed by atoms with Crippen molar-refractivity contribution in [3.05, 3.63) is 89.1 Å². The fraction of sp³-hybridized carbons (Fsp3) is 0.0833. The van der Waals surface area contributed by atoms with Gasteiger partial charge >= 0.3 is 0 Å². The van der Waals surface area contributed by atoms with Crippen LogP contribution in [0.15, 0.2) is 77.2 Å². The van der Waals surface area contributed by atoms with Gasteiger partial charge in [-0.2, -0.15) is 0 Å². The van der Waals surface area contributed by atoms with Crippen LogP contribution in [0.1, 0.15) is 16.1 Å². The lowest BCUT2D eigenvalue weighted by Crippen LogP contribution is -2.18. The summed E-state index contributed by atoms with van der Waals surface area (Å²) in [5, 5.41) is 6.81. The number of fused-ring (bicyclic) bond motifs is 1. The predicted octanol–water partition coefficient (Wildman–Crippen LogP) is 5.53. The van der Waals surface area contributed by atoms with Gasteiger partial charge in [-0.25, -0.2) is 0 Å². The number of hydrogen-bond acceptors (Lipinski definition) is 4. The number of furan rings is 1. The summed E-state index contributed by atoms with van der Waals surface area (Å²) in [4.78, 5) is 25.6. The molecule has 2 amide bonds. The third-order valence-corrected chi connectivity index (χ3v) is 4.94. The van der Waals surface area contributed by atoms with Crippen LogP contribution in [0.4, 0.5) is 11.4 Å². The Morgan fingerprint density at radius 1 is 0.935 bits per heavy atom. The minimum atomic E-state index is -0.474. The number of ether oxygens (including phenoxy) is 1. The van der Waals surface area contributed by atoms with E-state index in [0.717, 1.165) is 5.56 Å². The second-order valence-electron chi connectivity index (χ2n) is 6.84. The van der Waals surface area contributed by atoms with Crippen molar-refractivity contribution in [2.75, 3.05) is 17.7 Å². The van der Waals surface area contributed by atoms with Crippen LogP contribution >= 0.6 is 11.6 Å². The number of carbonyl (C=O) groups is 2. The third kappa shape index (κ3) is 4.70. The van der Waals surface area contributed by atoms with E-state index in [1.54, 1.807) is 61.7 Å². The molecule has 0 spiro atoms. The summed E-state index contributed by atoms with van der Waals surface area (Å²) >= 11 is 5.90. The van der Waals surface area contributed by atoms with E-state index in [1.807, 2.05) is 18.2 Å². The topological polar surface area (TPSA) is 80.6 Å². The molecule has 0 bridgehead atoms. The molecule has 4 rings (SSSR count). The van der Waals surface area contributed by atoms with Crippen molar-refractivity contribution in [3.63, 3.8) is 0 Å². The van der Waals surface area contributed by atoms with E-state index in [4.69, 9.17) is 20.8 Å². The minimum absolute atomic E-state index is 0.0271. The highest BCUT2D eigenvalue weighted by Gasteiger charge is 2.22. The lowest BCUT2D eigenvalue weighted by atomic mass is 10.1. The molecule has 4 aromatic rings. The molecule has 0 atom stereocenters. The lowest BCUT2D eigenvalue weighted by Gasteiger charge is -2.08. The third-order valence-electron chi connectivity index (χ3n) is 4.69. The molecule has 0 fully saturated rings. The van der Waals surface area contributed by atoms with E-state index in [1.165, 1.54) is 0 Å². The lowest BCUT2D eigenvalue weighted by molar-refractivity contribution is -0.115. The predicted molar refractivity (Wildman–Crippen MR) is 121 cm³/mol. The Morgan fingerprint density at radius 2 is 1.65 bits per heavy atom. The van der Waals surface area contributed by atoms with E-state index < -0.39 is 5.91 Å². The zero-order chi connectivity index (χ0) is 21.8. The number of nitrogens with one attached hydrogen (secondary N) is 2. The number of carbonyl (C=O) groups excluding carboxylic acids is 2. The first-order valence-electron chi connectivity index (χ1n) is 9.55. The van der Waals surface area contributed by atoms with Crippen molar-refractivity contribution >= 4 is 45.8 Å². The fourth-order valence-electron chi connectivity index (χ4n) is 3.16. The van der Waals surface area contributed by atoms with Gasteiger partial charge in [0.05, 0.1) is 13.5 Å². The number of benzene rings is 3. The summed E-state index contributed by atoms with van der Waals surface area (Å²) in [5.41, 5.74) is 2.22. The van der Waals surface area contributed by atoms with Crippen molar-refractivity contribution in [1.82, 2.24) is 0 Å². The first-order valence-corrected chi connectivity index (χ1v) is 9.92. The molecule has 0 saturated carbocycles. The number of rotatable bonds is 6. The quantitative estimate of drug-likeness (QED) is 0.418. The summed E-state index contributed by atoms with van der Waals surface area (Å²) < 4.78 is 10.9. The van der Waals surface area contributed by atoms with Gasteiger partial charge in [0.15, 0.2) is 0 Å². The summed E-state index contributed by atoms with van der Waals surface area (Å²) in [7, 11) is 1.59. The van der Waals surface area contributed by atoms with Crippen LogP contribution in [0, 0.1) is 0 Å². The van der Waals surface area contributed by atoms with Crippen LogP contribution in [-0.2, 0) is 11.2 Å². The number of hydrogen-bond donors (Lipinski definition) is 2. The van der Waals surface area contributed by atoms with Crippen LogP contribution in [0.5, 0.6) is 5.75 Å². The molecule has 0 saturated heterocycles. The van der Waals surface area contributed by atoms with Crippen LogP contribution in [0.3, 0.4) is 0 Å². The van der Waals surface area contributed by atoms with Crippen molar-refractivity contribution in [2.24, 2.45) is 0 Å². The average Bonchev–Trinajstić information content (AvgIpc) is 3.14. The Labute approximate surface area is 183 Å². The minimum Gasteiger partial charge on any atom is -0.497 e. The summed E-state index contributed by atoms with van der Waals surface area (Å²) in [6.45, 7) is 0. The standard InChI is InChI=1S/C24H19ClN2O4/c1-30-18-12-6-15(7-13-18)14-21(28)27-22-19-4-2-3-5-20(19)31-23(22)24(29)26-17-10-8-16(25)9-11-17/h2-13H,14H2,1H3,(H,26,29)(H,27,28). The van der Waals surface area contributed by atoms with Gasteiger partial charge in [-0.3, -0.25) is 9.59 Å². The maximum absolute atomic E-state index is 12.9. The molecule has 31 heavy (non-hydrogen) atoms. The number of methoxy groups -OCH3 is 1. The van der Waals surface area contributed by atoms with E-state index >= 15 is 0 Å². The van der Waals surface area contributed by atoms with Gasteiger partial charge in [0.2, 0.25) is 11.7 Å². The highest BCUT2D eigenvalue weighted by molar-refractivity contribution is 6.30. The molecule has 0 unspecified atom stereocenters. The molecular weight excluding hydrogens is 416 g/mol. The van der Waals surface area contributed by atoms with Crippen LogP contribution < -0.4 is 15.4 Å². The Hall–Kier alpha value is -3.77. The van der Waals surface area contributed by atoms with Crippen LogP contribution in [0.25, 0.3) is 11.0 Å². The van der Waals surface area contributed by atoms with Crippen LogP contribution in [0.2, 0.25) is 5.02 Å². The molecule has 0 aliphatic rings. The number of anilines is 2. The smallest absolute Gasteiger partial charge is 0.293 e. The van der Waals surface area contributed by atoms with Gasteiger partial charge < -0.3 is 19.8 Å². The monoisotopic (exact) mass is 434 g/mol. The summed E-state index contributed by atoms with van der Waals surface area (Å²) in [6.07, 6.45) is 0.141. The maximum Gasteiger partial charge on any atom is 0.293 e. The molecule has 0 radical (unpaired) electrons. The Morgan fingerprint density at radius 3 is 2.35 bits per heavy atom. The fourth-order valence-corrected chi connectivity index (χ4v) is 3.29. The van der Waals surface area contributed by atoms with Gasteiger partial charge in [-0.1, -0.05) is 35.9 Å². The van der Waals surface area contributed by atoms with Gasteiger partial charge in [0.25, 0.3) is 5.91 Å². The highest BCUT2D eigenvalue weighted by Crippen LogP contribution is 2.32. The second-order valence-corrected chi connectivity index (χ2v) is 7.27. The SMILES string of the molecule is COc1ccc(CC(=O)Nc2c(C(=O)Nc3ccc(Cl)cc3)oc3ccccc23)cc1. The largest absolute Gasteiger partial charge is 0.497 e. The van der Waals surface area contributed by atoms with E-state index in [-0.39, 0.29) is 18.1 Å².